The van der Waals surface area contributed by atoms with Crippen LogP contribution in [-0.4, -0.2) is 29.1 Å². The standard InChI is InChI=1S/C32H30Cl2F2N8/c1-32(2)17-38-10-9-28(32)44-16-27(42-43-44)30(18-3-5-20(35)6-4-18)41-22-11-23-29(40-21-7-8-26(36)24(33)12-21)19(14-37)15-39-31(23)25(34)13-22/h3-8,11-13,15-16,28,30,38,41-43H,9-10,17H2,1-2H3,(H,39,40). The summed E-state index contributed by atoms with van der Waals surface area (Å²) in [5.74, 6) is -0.886. The smallest absolute Gasteiger partial charge is 0.141 e. The van der Waals surface area contributed by atoms with Gasteiger partial charge in [-0.25, -0.2) is 8.78 Å². The van der Waals surface area contributed by atoms with E-state index in [0.29, 0.717) is 33.0 Å². The minimum absolute atomic E-state index is 0.0210. The second kappa shape index (κ2) is 12.1. The van der Waals surface area contributed by atoms with Crippen LogP contribution in [0.5, 0.6) is 0 Å². The SMILES string of the molecule is CC1(C)CNCCC1N1C=C(C(Nc2cc(Cl)c3ncc(C#N)c(Nc4ccc(F)c(Cl)c4)c3c2)c2ccc(F)cc2)NN1. The van der Waals surface area contributed by atoms with Crippen molar-refractivity contribution in [1.82, 2.24) is 26.3 Å². The van der Waals surface area contributed by atoms with E-state index in [2.05, 4.69) is 56.8 Å². The number of nitrogens with one attached hydrogen (secondary N) is 5. The van der Waals surface area contributed by atoms with Gasteiger partial charge < -0.3 is 21.4 Å². The number of hydrazine groups is 2. The zero-order chi connectivity index (χ0) is 31.0. The van der Waals surface area contributed by atoms with Crippen molar-refractivity contribution in [2.45, 2.75) is 32.4 Å². The van der Waals surface area contributed by atoms with Crippen LogP contribution >= 0.6 is 23.2 Å². The van der Waals surface area contributed by atoms with Crippen molar-refractivity contribution in [3.63, 3.8) is 0 Å². The quantitative estimate of drug-likeness (QED) is 0.146. The Hall–Kier alpha value is -4.14. The first-order chi connectivity index (χ1) is 21.1. The predicted octanol–water partition coefficient (Wildman–Crippen LogP) is 7.14. The number of fused-ring (bicyclic) bond motifs is 1. The van der Waals surface area contributed by atoms with Crippen LogP contribution < -0.4 is 26.9 Å². The Kier molecular flexibility index (Phi) is 8.22. The van der Waals surface area contributed by atoms with Crippen molar-refractivity contribution in [3.05, 3.63) is 105 Å². The van der Waals surface area contributed by atoms with E-state index in [1.807, 2.05) is 12.3 Å². The van der Waals surface area contributed by atoms with Gasteiger partial charge in [0.05, 0.1) is 44.6 Å². The fourth-order valence-corrected chi connectivity index (χ4v) is 6.22. The van der Waals surface area contributed by atoms with Crippen LogP contribution in [0, 0.1) is 28.4 Å². The summed E-state index contributed by atoms with van der Waals surface area (Å²) in [5, 5.41) is 23.1. The first kappa shape index (κ1) is 29.9. The van der Waals surface area contributed by atoms with E-state index in [-0.39, 0.29) is 27.9 Å². The molecule has 2 unspecified atom stereocenters. The first-order valence-corrected chi connectivity index (χ1v) is 14.9. The molecule has 0 amide bonds. The van der Waals surface area contributed by atoms with Gasteiger partial charge in [0.2, 0.25) is 0 Å². The lowest BCUT2D eigenvalue weighted by Crippen LogP contribution is -2.56. The maximum atomic E-state index is 13.9. The van der Waals surface area contributed by atoms with Crippen molar-refractivity contribution in [3.8, 4) is 6.07 Å². The maximum Gasteiger partial charge on any atom is 0.141 e. The number of hydrogen-bond acceptors (Lipinski definition) is 8. The number of halogens is 4. The monoisotopic (exact) mass is 634 g/mol. The van der Waals surface area contributed by atoms with E-state index in [1.54, 1.807) is 18.2 Å². The van der Waals surface area contributed by atoms with Crippen LogP contribution in [0.1, 0.15) is 37.4 Å². The molecule has 1 saturated heterocycles. The molecule has 44 heavy (non-hydrogen) atoms. The number of aromatic nitrogens is 1. The molecule has 0 bridgehead atoms. The number of nitrogens with zero attached hydrogens (tertiary/aromatic N) is 3. The fourth-order valence-electron chi connectivity index (χ4n) is 5.77. The van der Waals surface area contributed by atoms with E-state index in [4.69, 9.17) is 23.2 Å². The molecule has 3 aromatic carbocycles. The molecular weight excluding hydrogens is 605 g/mol. The summed E-state index contributed by atoms with van der Waals surface area (Å²) in [5.41, 5.74) is 10.6. The highest BCUT2D eigenvalue weighted by Gasteiger charge is 2.38. The van der Waals surface area contributed by atoms with Gasteiger partial charge >= 0.3 is 0 Å². The summed E-state index contributed by atoms with van der Waals surface area (Å²) in [4.78, 5) is 4.43. The molecule has 8 nitrogen and oxygen atoms in total. The highest BCUT2D eigenvalue weighted by molar-refractivity contribution is 6.36. The lowest BCUT2D eigenvalue weighted by atomic mass is 9.80. The number of pyridine rings is 1. The molecule has 226 valence electrons. The second-order valence-electron chi connectivity index (χ2n) is 11.6. The van der Waals surface area contributed by atoms with Gasteiger partial charge in [-0.3, -0.25) is 9.99 Å². The summed E-state index contributed by atoms with van der Waals surface area (Å²) in [6, 6.07) is 16.1. The van der Waals surface area contributed by atoms with Crippen molar-refractivity contribution in [2.24, 2.45) is 5.41 Å². The van der Waals surface area contributed by atoms with Crippen LogP contribution in [0.4, 0.5) is 25.8 Å². The molecule has 3 heterocycles. The second-order valence-corrected chi connectivity index (χ2v) is 12.4. The summed E-state index contributed by atoms with van der Waals surface area (Å²) >= 11 is 12.8. The Labute approximate surface area is 264 Å². The van der Waals surface area contributed by atoms with Gasteiger partial charge in [0.15, 0.2) is 0 Å². The van der Waals surface area contributed by atoms with Crippen LogP contribution in [0.25, 0.3) is 10.9 Å². The summed E-state index contributed by atoms with van der Waals surface area (Å²) in [6.07, 6.45) is 4.44. The van der Waals surface area contributed by atoms with Crippen molar-refractivity contribution < 1.29 is 8.78 Å². The number of benzene rings is 3. The number of anilines is 3. The summed E-state index contributed by atoms with van der Waals surface area (Å²) < 4.78 is 27.8. The van der Waals surface area contributed by atoms with E-state index in [0.717, 1.165) is 30.8 Å². The van der Waals surface area contributed by atoms with E-state index >= 15 is 0 Å². The Bertz CT molecular complexity index is 1790. The molecule has 0 spiro atoms. The Morgan fingerprint density at radius 1 is 1.07 bits per heavy atom. The first-order valence-electron chi connectivity index (χ1n) is 14.1. The average Bonchev–Trinajstić information content (AvgIpc) is 3.48. The van der Waals surface area contributed by atoms with Crippen LogP contribution in [-0.2, 0) is 0 Å². The average molecular weight is 636 g/mol. The molecular formula is C32H30Cl2F2N8. The highest BCUT2D eigenvalue weighted by Crippen LogP contribution is 2.38. The minimum atomic E-state index is -0.551. The Morgan fingerprint density at radius 2 is 1.84 bits per heavy atom. The van der Waals surface area contributed by atoms with Gasteiger partial charge in [0.1, 0.15) is 17.7 Å². The fraction of sp³-hybridized carbons (Fsp3) is 0.250. The molecule has 4 aromatic rings. The molecule has 6 rings (SSSR count). The van der Waals surface area contributed by atoms with Gasteiger partial charge in [-0.05, 0) is 66.4 Å². The zero-order valence-electron chi connectivity index (χ0n) is 24.0. The normalized spacial score (nSPS) is 18.3. The topological polar surface area (TPSA) is 100 Å². The van der Waals surface area contributed by atoms with Gasteiger partial charge in [0.25, 0.3) is 0 Å². The van der Waals surface area contributed by atoms with E-state index in [1.165, 1.54) is 36.5 Å². The number of hydrogen-bond donors (Lipinski definition) is 5. The molecule has 12 heteroatoms. The molecule has 0 radical (unpaired) electrons. The minimum Gasteiger partial charge on any atom is -0.373 e. The molecule has 2 aliphatic rings. The maximum absolute atomic E-state index is 13.9. The van der Waals surface area contributed by atoms with E-state index in [9.17, 15) is 14.0 Å². The van der Waals surface area contributed by atoms with Crippen LogP contribution in [0.2, 0.25) is 10.0 Å². The summed E-state index contributed by atoms with van der Waals surface area (Å²) in [6.45, 7) is 6.29. The Balaban J connectivity index is 1.40. The van der Waals surface area contributed by atoms with Crippen molar-refractivity contribution in [2.75, 3.05) is 23.7 Å². The third-order valence-electron chi connectivity index (χ3n) is 8.08. The highest BCUT2D eigenvalue weighted by atomic mass is 35.5. The molecule has 0 saturated carbocycles. The van der Waals surface area contributed by atoms with Gasteiger partial charge in [-0.15, -0.1) is 5.53 Å². The van der Waals surface area contributed by atoms with Gasteiger partial charge in [-0.2, -0.15) is 5.26 Å². The van der Waals surface area contributed by atoms with Gasteiger partial charge in [-0.1, -0.05) is 49.2 Å². The number of piperidine rings is 1. The molecule has 1 fully saturated rings. The molecule has 2 atom stereocenters. The predicted molar refractivity (Wildman–Crippen MR) is 170 cm³/mol. The molecule has 1 aromatic heterocycles. The third kappa shape index (κ3) is 5.97. The van der Waals surface area contributed by atoms with E-state index < -0.39 is 11.9 Å². The largest absolute Gasteiger partial charge is 0.373 e. The third-order valence-corrected chi connectivity index (χ3v) is 8.66. The lowest BCUT2D eigenvalue weighted by molar-refractivity contribution is 0.0607. The number of nitriles is 1. The Morgan fingerprint density at radius 3 is 2.57 bits per heavy atom. The van der Waals surface area contributed by atoms with Crippen LogP contribution in [0.15, 0.2) is 72.7 Å². The number of rotatable bonds is 7. The van der Waals surface area contributed by atoms with Crippen LogP contribution in [0.3, 0.4) is 0 Å². The van der Waals surface area contributed by atoms with Gasteiger partial charge in [0, 0.05) is 35.7 Å². The molecule has 5 N–H and O–H groups in total. The molecule has 0 aliphatic carbocycles. The zero-order valence-corrected chi connectivity index (χ0v) is 25.5. The van der Waals surface area contributed by atoms with Crippen molar-refractivity contribution >= 4 is 51.2 Å². The molecule has 2 aliphatic heterocycles. The lowest BCUT2D eigenvalue weighted by Gasteiger charge is -2.43. The van der Waals surface area contributed by atoms with Crippen molar-refractivity contribution in [1.29, 1.82) is 5.26 Å². The summed E-state index contributed by atoms with van der Waals surface area (Å²) in [7, 11) is 0.